The summed E-state index contributed by atoms with van der Waals surface area (Å²) in [5, 5.41) is 5.67. The van der Waals surface area contributed by atoms with E-state index < -0.39 is 21.5 Å². The summed E-state index contributed by atoms with van der Waals surface area (Å²) in [6.45, 7) is 1.67. The normalized spacial score (nSPS) is 24.6. The van der Waals surface area contributed by atoms with Crippen LogP contribution in [0.5, 0.6) is 5.75 Å². The van der Waals surface area contributed by atoms with Crippen LogP contribution in [0.15, 0.2) is 53.4 Å². The maximum atomic E-state index is 13.1. The van der Waals surface area contributed by atoms with Crippen molar-refractivity contribution in [2.75, 3.05) is 25.5 Å². The van der Waals surface area contributed by atoms with Gasteiger partial charge in [-0.3, -0.25) is 9.59 Å². The van der Waals surface area contributed by atoms with E-state index in [9.17, 15) is 18.0 Å². The summed E-state index contributed by atoms with van der Waals surface area (Å²) in [5.41, 5.74) is -0.278. The van der Waals surface area contributed by atoms with Gasteiger partial charge in [-0.05, 0) is 43.3 Å². The molecule has 9 heteroatoms. The number of hydrogen-bond acceptors (Lipinski definition) is 5. The second-order valence-corrected chi connectivity index (χ2v) is 9.37. The number of methoxy groups -OCH3 is 1. The van der Waals surface area contributed by atoms with E-state index in [0.29, 0.717) is 17.0 Å². The Morgan fingerprint density at radius 2 is 1.79 bits per heavy atom. The summed E-state index contributed by atoms with van der Waals surface area (Å²) in [6, 6.07) is 12.8. The van der Waals surface area contributed by atoms with Crippen LogP contribution in [-0.4, -0.2) is 50.3 Å². The number of benzene rings is 2. The van der Waals surface area contributed by atoms with Crippen LogP contribution in [-0.2, 0) is 14.8 Å². The van der Waals surface area contributed by atoms with Gasteiger partial charge in [-0.15, -0.1) is 0 Å². The van der Waals surface area contributed by atoms with Gasteiger partial charge in [0, 0.05) is 13.1 Å². The van der Waals surface area contributed by atoms with Crippen LogP contribution in [0.2, 0.25) is 0 Å². The summed E-state index contributed by atoms with van der Waals surface area (Å²) in [6.07, 6.45) is 0. The van der Waals surface area contributed by atoms with Gasteiger partial charge in [0.2, 0.25) is 15.9 Å². The fourth-order valence-electron chi connectivity index (χ4n) is 3.86. The number of sulfonamides is 1. The zero-order chi connectivity index (χ0) is 20.8. The molecule has 0 radical (unpaired) electrons. The lowest BCUT2D eigenvalue weighted by atomic mass is 9.86. The summed E-state index contributed by atoms with van der Waals surface area (Å²) < 4.78 is 32.6. The molecule has 2 N–H and O–H groups in total. The maximum Gasteiger partial charge on any atom is 0.253 e. The van der Waals surface area contributed by atoms with Gasteiger partial charge >= 0.3 is 0 Å². The molecule has 0 saturated carbocycles. The van der Waals surface area contributed by atoms with Crippen molar-refractivity contribution < 1.29 is 22.7 Å². The molecular formula is C20H21N3O5S. The van der Waals surface area contributed by atoms with Crippen molar-refractivity contribution in [3.05, 3.63) is 54.1 Å². The van der Waals surface area contributed by atoms with Crippen molar-refractivity contribution in [1.82, 2.24) is 9.62 Å². The van der Waals surface area contributed by atoms with Crippen molar-refractivity contribution in [3.63, 3.8) is 0 Å². The molecular weight excluding hydrogens is 394 g/mol. The van der Waals surface area contributed by atoms with Crippen LogP contribution in [0, 0.1) is 5.92 Å². The monoisotopic (exact) mass is 415 g/mol. The van der Waals surface area contributed by atoms with Crippen molar-refractivity contribution >= 4 is 27.5 Å². The number of hydrogen-bond donors (Lipinski definition) is 2. The van der Waals surface area contributed by atoms with Crippen LogP contribution in [0.4, 0.5) is 5.69 Å². The fourth-order valence-corrected chi connectivity index (χ4v) is 5.42. The molecule has 0 bridgehead atoms. The van der Waals surface area contributed by atoms with Crippen molar-refractivity contribution in [2.45, 2.75) is 17.4 Å². The Morgan fingerprint density at radius 1 is 1.10 bits per heavy atom. The van der Waals surface area contributed by atoms with Gasteiger partial charge in [-0.25, -0.2) is 8.42 Å². The average molecular weight is 415 g/mol. The Labute approximate surface area is 168 Å². The highest BCUT2D eigenvalue weighted by Gasteiger charge is 2.52. The molecule has 4 rings (SSSR count). The van der Waals surface area contributed by atoms with Gasteiger partial charge in [0.15, 0.2) is 0 Å². The van der Waals surface area contributed by atoms with E-state index in [-0.39, 0.29) is 29.8 Å². The number of anilines is 1. The lowest BCUT2D eigenvalue weighted by Crippen LogP contribution is -2.56. The summed E-state index contributed by atoms with van der Waals surface area (Å²) in [5.74, 6) is -0.861. The van der Waals surface area contributed by atoms with Crippen LogP contribution in [0.3, 0.4) is 0 Å². The highest BCUT2D eigenvalue weighted by molar-refractivity contribution is 7.89. The minimum Gasteiger partial charge on any atom is -0.497 e. The van der Waals surface area contributed by atoms with Gasteiger partial charge in [0.1, 0.15) is 5.75 Å². The molecule has 8 nitrogen and oxygen atoms in total. The molecule has 0 unspecified atom stereocenters. The summed E-state index contributed by atoms with van der Waals surface area (Å²) in [7, 11) is -2.34. The average Bonchev–Trinajstić information content (AvgIpc) is 3.05. The standard InChI is InChI=1S/C20H21N3O5S/c1-20-12-23(29(26,27)14-9-7-13(28-2)8-10-14)11-16(20)19(25)21-17-6-4-3-5-15(17)18(24)22-20/h3-10,16H,11-12H2,1-2H3,(H,21,25)(H,22,24)/t16-,20-/m0/s1. The molecule has 29 heavy (non-hydrogen) atoms. The van der Waals surface area contributed by atoms with Crippen LogP contribution >= 0.6 is 0 Å². The minimum atomic E-state index is -3.85. The lowest BCUT2D eigenvalue weighted by Gasteiger charge is -2.33. The van der Waals surface area contributed by atoms with Crippen LogP contribution < -0.4 is 15.4 Å². The smallest absolute Gasteiger partial charge is 0.253 e. The van der Waals surface area contributed by atoms with Gasteiger partial charge in [-0.1, -0.05) is 12.1 Å². The lowest BCUT2D eigenvalue weighted by molar-refractivity contribution is -0.120. The molecule has 0 aliphatic carbocycles. The van der Waals surface area contributed by atoms with E-state index in [1.54, 1.807) is 43.3 Å². The first-order valence-electron chi connectivity index (χ1n) is 9.11. The Morgan fingerprint density at radius 3 is 2.48 bits per heavy atom. The Hall–Kier alpha value is -2.91. The fraction of sp³-hybridized carbons (Fsp3) is 0.300. The molecule has 1 saturated heterocycles. The number of fused-ring (bicyclic) bond motifs is 2. The van der Waals surface area contributed by atoms with Gasteiger partial charge < -0.3 is 15.4 Å². The first-order chi connectivity index (χ1) is 13.7. The first-order valence-corrected chi connectivity index (χ1v) is 10.6. The Kier molecular flexibility index (Phi) is 4.59. The second kappa shape index (κ2) is 6.85. The SMILES string of the molecule is COc1ccc(S(=O)(=O)N2C[C@H]3C(=O)Nc4ccccc4C(=O)N[C@@]3(C)C2)cc1. The van der Waals surface area contributed by atoms with E-state index in [4.69, 9.17) is 4.74 Å². The third kappa shape index (κ3) is 3.26. The molecule has 1 fully saturated rings. The van der Waals surface area contributed by atoms with E-state index >= 15 is 0 Å². The zero-order valence-corrected chi connectivity index (χ0v) is 16.8. The van der Waals surface area contributed by atoms with E-state index in [2.05, 4.69) is 10.6 Å². The Balaban J connectivity index is 1.67. The molecule has 0 aromatic heterocycles. The number of para-hydroxylation sites is 1. The zero-order valence-electron chi connectivity index (χ0n) is 16.0. The number of nitrogens with one attached hydrogen (secondary N) is 2. The Bertz CT molecular complexity index is 1080. The maximum absolute atomic E-state index is 13.1. The molecule has 2 amide bonds. The number of nitrogens with zero attached hydrogens (tertiary/aromatic N) is 1. The topological polar surface area (TPSA) is 105 Å². The van der Waals surface area contributed by atoms with Crippen LogP contribution in [0.1, 0.15) is 17.3 Å². The third-order valence-corrected chi connectivity index (χ3v) is 7.33. The number of carbonyl (C=O) groups excluding carboxylic acids is 2. The molecule has 2 aliphatic rings. The summed E-state index contributed by atoms with van der Waals surface area (Å²) in [4.78, 5) is 25.8. The van der Waals surface area contributed by atoms with Crippen molar-refractivity contribution in [3.8, 4) is 5.75 Å². The van der Waals surface area contributed by atoms with Crippen LogP contribution in [0.25, 0.3) is 0 Å². The predicted octanol–water partition coefficient (Wildman–Crippen LogP) is 1.46. The second-order valence-electron chi connectivity index (χ2n) is 7.43. The first kappa shape index (κ1) is 19.4. The molecule has 2 aromatic carbocycles. The number of rotatable bonds is 3. The van der Waals surface area contributed by atoms with Gasteiger partial charge in [0.25, 0.3) is 5.91 Å². The van der Waals surface area contributed by atoms with Gasteiger partial charge in [-0.2, -0.15) is 4.31 Å². The molecule has 0 spiro atoms. The van der Waals surface area contributed by atoms with E-state index in [1.165, 1.54) is 23.5 Å². The predicted molar refractivity (Wildman–Crippen MR) is 106 cm³/mol. The highest BCUT2D eigenvalue weighted by Crippen LogP contribution is 2.35. The summed E-state index contributed by atoms with van der Waals surface area (Å²) >= 11 is 0. The molecule has 2 heterocycles. The number of carbonyl (C=O) groups is 2. The van der Waals surface area contributed by atoms with Crippen molar-refractivity contribution in [1.29, 1.82) is 0 Å². The quantitative estimate of drug-likeness (QED) is 0.790. The van der Waals surface area contributed by atoms with Crippen molar-refractivity contribution in [2.24, 2.45) is 5.92 Å². The number of amides is 2. The van der Waals surface area contributed by atoms with E-state index in [1.807, 2.05) is 0 Å². The third-order valence-electron chi connectivity index (χ3n) is 5.50. The molecule has 2 atom stereocenters. The highest BCUT2D eigenvalue weighted by atomic mass is 32.2. The molecule has 2 aromatic rings. The van der Waals surface area contributed by atoms with Gasteiger partial charge in [0.05, 0.1) is 34.7 Å². The number of ether oxygens (including phenoxy) is 1. The molecule has 2 aliphatic heterocycles. The minimum absolute atomic E-state index is 0.00659. The van der Waals surface area contributed by atoms with E-state index in [0.717, 1.165) is 0 Å². The largest absolute Gasteiger partial charge is 0.497 e. The molecule has 152 valence electrons.